The summed E-state index contributed by atoms with van der Waals surface area (Å²) < 4.78 is 5.12. The average Bonchev–Trinajstić information content (AvgIpc) is 2.58. The van der Waals surface area contributed by atoms with Crippen LogP contribution in [0.1, 0.15) is 38.1 Å². The van der Waals surface area contributed by atoms with Crippen molar-refractivity contribution in [2.45, 2.75) is 33.3 Å². The van der Waals surface area contributed by atoms with Crippen LogP contribution in [0.4, 0.5) is 10.5 Å². The molecule has 1 aliphatic rings. The molecule has 0 atom stereocenters. The molecule has 1 aromatic carbocycles. The summed E-state index contributed by atoms with van der Waals surface area (Å²) in [6.45, 7) is 9.39. The molecule has 1 aromatic rings. The van der Waals surface area contributed by atoms with Crippen molar-refractivity contribution in [1.82, 2.24) is 10.2 Å². The summed E-state index contributed by atoms with van der Waals surface area (Å²) in [5.74, 6) is -0.0770. The van der Waals surface area contributed by atoms with Gasteiger partial charge < -0.3 is 19.9 Å². The highest BCUT2D eigenvalue weighted by Crippen LogP contribution is 2.17. The van der Waals surface area contributed by atoms with Crippen LogP contribution in [-0.2, 0) is 9.53 Å². The van der Waals surface area contributed by atoms with Gasteiger partial charge >= 0.3 is 6.09 Å². The highest BCUT2D eigenvalue weighted by atomic mass is 16.6. The number of nitrogens with one attached hydrogen (secondary N) is 1. The van der Waals surface area contributed by atoms with Gasteiger partial charge in [0.1, 0.15) is 12.1 Å². The fourth-order valence-electron chi connectivity index (χ4n) is 2.69. The van der Waals surface area contributed by atoms with Gasteiger partial charge in [-0.25, -0.2) is 4.79 Å². The van der Waals surface area contributed by atoms with Crippen molar-refractivity contribution in [2.75, 3.05) is 37.6 Å². The maximum absolute atomic E-state index is 12.2. The number of benzene rings is 1. The Morgan fingerprint density at radius 2 is 1.62 bits per heavy atom. The van der Waals surface area contributed by atoms with Gasteiger partial charge in [0, 0.05) is 37.4 Å². The number of carbonyl (C=O) groups is 3. The van der Waals surface area contributed by atoms with E-state index in [1.807, 2.05) is 24.3 Å². The second-order valence-corrected chi connectivity index (χ2v) is 7.33. The first-order valence-corrected chi connectivity index (χ1v) is 8.76. The highest BCUT2D eigenvalue weighted by Gasteiger charge is 2.22. The summed E-state index contributed by atoms with van der Waals surface area (Å²) in [7, 11) is 0. The first-order chi connectivity index (χ1) is 12.2. The summed E-state index contributed by atoms with van der Waals surface area (Å²) >= 11 is 0. The number of amides is 2. The quantitative estimate of drug-likeness (QED) is 0.831. The number of ether oxygens (including phenoxy) is 1. The second kappa shape index (κ2) is 8.21. The lowest BCUT2D eigenvalue weighted by Crippen LogP contribution is -2.51. The number of ketones is 1. The lowest BCUT2D eigenvalue weighted by molar-refractivity contribution is -0.130. The first kappa shape index (κ1) is 19.8. The molecular weight excluding hydrogens is 334 g/mol. The van der Waals surface area contributed by atoms with E-state index in [1.54, 1.807) is 32.6 Å². The van der Waals surface area contributed by atoms with Crippen LogP contribution in [0.3, 0.4) is 0 Å². The Hall–Kier alpha value is -2.57. The molecule has 26 heavy (non-hydrogen) atoms. The van der Waals surface area contributed by atoms with E-state index >= 15 is 0 Å². The van der Waals surface area contributed by atoms with Crippen molar-refractivity contribution in [3.05, 3.63) is 29.8 Å². The smallest absolute Gasteiger partial charge is 0.408 e. The van der Waals surface area contributed by atoms with Crippen LogP contribution in [0.25, 0.3) is 0 Å². The first-order valence-electron chi connectivity index (χ1n) is 8.76. The fraction of sp³-hybridized carbons (Fsp3) is 0.526. The van der Waals surface area contributed by atoms with Crippen molar-refractivity contribution in [3.8, 4) is 0 Å². The Labute approximate surface area is 154 Å². The van der Waals surface area contributed by atoms with Gasteiger partial charge in [-0.2, -0.15) is 0 Å². The summed E-state index contributed by atoms with van der Waals surface area (Å²) in [5.41, 5.74) is 1.14. The van der Waals surface area contributed by atoms with Gasteiger partial charge in [0.25, 0.3) is 0 Å². The number of hydrogen-bond donors (Lipinski definition) is 1. The van der Waals surface area contributed by atoms with Crippen molar-refractivity contribution in [2.24, 2.45) is 0 Å². The van der Waals surface area contributed by atoms with Crippen molar-refractivity contribution >= 4 is 23.5 Å². The lowest BCUT2D eigenvalue weighted by Gasteiger charge is -2.36. The molecule has 0 aromatic heterocycles. The second-order valence-electron chi connectivity index (χ2n) is 7.33. The summed E-state index contributed by atoms with van der Waals surface area (Å²) in [5, 5.41) is 2.50. The van der Waals surface area contributed by atoms with Crippen molar-refractivity contribution in [3.63, 3.8) is 0 Å². The Morgan fingerprint density at radius 1 is 1.04 bits per heavy atom. The maximum Gasteiger partial charge on any atom is 0.408 e. The van der Waals surface area contributed by atoms with Crippen molar-refractivity contribution < 1.29 is 19.1 Å². The van der Waals surface area contributed by atoms with Gasteiger partial charge in [0.2, 0.25) is 5.91 Å². The number of Topliss-reactive ketones (excluding diaryl/α,β-unsaturated/α-hetero) is 1. The minimum absolute atomic E-state index is 0.0458. The van der Waals surface area contributed by atoms with Gasteiger partial charge in [0.15, 0.2) is 5.78 Å². The molecule has 1 aliphatic heterocycles. The third-order valence-corrected chi connectivity index (χ3v) is 4.05. The molecule has 0 unspecified atom stereocenters. The number of carbonyl (C=O) groups excluding carboxylic acids is 3. The predicted octanol–water partition coefficient (Wildman–Crippen LogP) is 2.06. The Kier molecular flexibility index (Phi) is 6.23. The maximum atomic E-state index is 12.2. The molecular formula is C19H27N3O4. The molecule has 0 radical (unpaired) electrons. The monoisotopic (exact) mass is 361 g/mol. The van der Waals surface area contributed by atoms with E-state index in [4.69, 9.17) is 4.74 Å². The molecule has 0 spiro atoms. The normalized spacial score (nSPS) is 14.8. The van der Waals surface area contributed by atoms with Crippen LogP contribution in [0, 0.1) is 0 Å². The van der Waals surface area contributed by atoms with E-state index in [0.29, 0.717) is 31.7 Å². The molecule has 7 heteroatoms. The third kappa shape index (κ3) is 5.75. The summed E-state index contributed by atoms with van der Waals surface area (Å²) in [6, 6.07) is 7.50. The number of anilines is 1. The number of hydrogen-bond acceptors (Lipinski definition) is 5. The van der Waals surface area contributed by atoms with Crippen LogP contribution < -0.4 is 10.2 Å². The van der Waals surface area contributed by atoms with E-state index in [0.717, 1.165) is 5.69 Å². The molecule has 0 bridgehead atoms. The minimum atomic E-state index is -0.588. The SMILES string of the molecule is CC(=O)c1ccc(N2CCN(C(=O)CNC(=O)OC(C)(C)C)CC2)cc1. The van der Waals surface area contributed by atoms with E-state index < -0.39 is 11.7 Å². The Morgan fingerprint density at radius 3 is 2.12 bits per heavy atom. The Balaban J connectivity index is 1.79. The number of piperazine rings is 1. The number of alkyl carbamates (subject to hydrolysis) is 1. The van der Waals surface area contributed by atoms with Crippen LogP contribution in [0.5, 0.6) is 0 Å². The standard InChI is InChI=1S/C19H27N3O4/c1-14(23)15-5-7-16(8-6-15)21-9-11-22(12-10-21)17(24)13-20-18(25)26-19(2,3)4/h5-8H,9-13H2,1-4H3,(H,20,25). The topological polar surface area (TPSA) is 79.0 Å². The minimum Gasteiger partial charge on any atom is -0.444 e. The molecule has 1 heterocycles. The van der Waals surface area contributed by atoms with Crippen LogP contribution in [0.15, 0.2) is 24.3 Å². The zero-order valence-corrected chi connectivity index (χ0v) is 15.9. The van der Waals surface area contributed by atoms with E-state index in [-0.39, 0.29) is 18.2 Å². The number of rotatable bonds is 4. The van der Waals surface area contributed by atoms with E-state index in [2.05, 4.69) is 10.2 Å². The molecule has 1 saturated heterocycles. The van der Waals surface area contributed by atoms with E-state index in [9.17, 15) is 14.4 Å². The highest BCUT2D eigenvalue weighted by molar-refractivity contribution is 5.94. The van der Waals surface area contributed by atoms with E-state index in [1.165, 1.54) is 0 Å². The molecule has 1 N–H and O–H groups in total. The molecule has 2 rings (SSSR count). The Bertz CT molecular complexity index is 656. The van der Waals surface area contributed by atoms with Gasteiger partial charge in [-0.1, -0.05) is 0 Å². The van der Waals surface area contributed by atoms with Gasteiger partial charge in [-0.05, 0) is 52.0 Å². The fourth-order valence-corrected chi connectivity index (χ4v) is 2.69. The zero-order valence-electron chi connectivity index (χ0n) is 15.9. The average molecular weight is 361 g/mol. The zero-order chi connectivity index (χ0) is 19.3. The van der Waals surface area contributed by atoms with Crippen LogP contribution in [-0.4, -0.2) is 61.0 Å². The largest absolute Gasteiger partial charge is 0.444 e. The molecule has 0 saturated carbocycles. The molecule has 0 aliphatic carbocycles. The van der Waals surface area contributed by atoms with Crippen LogP contribution >= 0.6 is 0 Å². The lowest BCUT2D eigenvalue weighted by atomic mass is 10.1. The number of nitrogens with zero attached hydrogens (tertiary/aromatic N) is 2. The van der Waals surface area contributed by atoms with Gasteiger partial charge in [-0.15, -0.1) is 0 Å². The van der Waals surface area contributed by atoms with Crippen LogP contribution in [0.2, 0.25) is 0 Å². The van der Waals surface area contributed by atoms with Gasteiger partial charge in [0.05, 0.1) is 0 Å². The molecule has 7 nitrogen and oxygen atoms in total. The summed E-state index contributed by atoms with van der Waals surface area (Å²) in [4.78, 5) is 39.1. The predicted molar refractivity (Wildman–Crippen MR) is 99.5 cm³/mol. The summed E-state index contributed by atoms with van der Waals surface area (Å²) in [6.07, 6.45) is -0.588. The molecule has 1 fully saturated rings. The molecule has 142 valence electrons. The van der Waals surface area contributed by atoms with Crippen molar-refractivity contribution in [1.29, 1.82) is 0 Å². The molecule has 2 amide bonds. The third-order valence-electron chi connectivity index (χ3n) is 4.05. The van der Waals surface area contributed by atoms with Gasteiger partial charge in [-0.3, -0.25) is 9.59 Å².